The van der Waals surface area contributed by atoms with E-state index in [2.05, 4.69) is 22.3 Å². The Labute approximate surface area is 140 Å². The van der Waals surface area contributed by atoms with Crippen molar-refractivity contribution in [2.24, 2.45) is 11.3 Å². The van der Waals surface area contributed by atoms with E-state index in [-0.39, 0.29) is 12.5 Å². The molecule has 1 aromatic rings. The van der Waals surface area contributed by atoms with Crippen LogP contribution in [-0.2, 0) is 29.0 Å². The molecule has 0 bridgehead atoms. The standard InChI is InChI=1S/C18H22N2O4/c1-24-15-6-12-4-2-3-11(12)5-13(15)7-20-8-14-16(21)19-9-18(14,10-20)17(22)23/h5-6,14H,2-4,7-10H2,1H3,(H,19,21)(H,22,23)/t14-,18+/m1/s1. The van der Waals surface area contributed by atoms with E-state index in [0.717, 1.165) is 24.2 Å². The van der Waals surface area contributed by atoms with Crippen molar-refractivity contribution in [1.82, 2.24) is 10.2 Å². The number of likely N-dealkylation sites (tertiary alicyclic amines) is 1. The number of rotatable bonds is 4. The van der Waals surface area contributed by atoms with Crippen LogP contribution >= 0.6 is 0 Å². The number of benzene rings is 1. The lowest BCUT2D eigenvalue weighted by Crippen LogP contribution is -2.40. The fourth-order valence-electron chi connectivity index (χ4n) is 4.51. The number of carboxylic acids is 1. The van der Waals surface area contributed by atoms with Gasteiger partial charge in [-0.2, -0.15) is 0 Å². The second-order valence-corrected chi connectivity index (χ2v) is 7.19. The van der Waals surface area contributed by atoms with Crippen LogP contribution in [0.3, 0.4) is 0 Å². The largest absolute Gasteiger partial charge is 0.496 e. The summed E-state index contributed by atoms with van der Waals surface area (Å²) in [6.07, 6.45) is 3.37. The second-order valence-electron chi connectivity index (χ2n) is 7.19. The topological polar surface area (TPSA) is 78.9 Å². The molecule has 1 amide bonds. The van der Waals surface area contributed by atoms with Crippen molar-refractivity contribution in [2.75, 3.05) is 26.7 Å². The minimum atomic E-state index is -0.985. The smallest absolute Gasteiger partial charge is 0.313 e. The Kier molecular flexibility index (Phi) is 3.53. The molecular formula is C18H22N2O4. The van der Waals surface area contributed by atoms with E-state index in [1.54, 1.807) is 7.11 Å². The van der Waals surface area contributed by atoms with Gasteiger partial charge in [-0.25, -0.2) is 0 Å². The Bertz CT molecular complexity index is 717. The highest BCUT2D eigenvalue weighted by Crippen LogP contribution is 2.41. The molecule has 1 aromatic carbocycles. The van der Waals surface area contributed by atoms with Crippen molar-refractivity contribution in [3.63, 3.8) is 0 Å². The van der Waals surface area contributed by atoms with E-state index < -0.39 is 17.3 Å². The third-order valence-electron chi connectivity index (χ3n) is 5.82. The molecule has 0 unspecified atom stereocenters. The van der Waals surface area contributed by atoms with Gasteiger partial charge in [-0.05, 0) is 36.5 Å². The van der Waals surface area contributed by atoms with Crippen molar-refractivity contribution in [3.8, 4) is 5.75 Å². The van der Waals surface area contributed by atoms with Crippen molar-refractivity contribution in [2.45, 2.75) is 25.8 Å². The van der Waals surface area contributed by atoms with Crippen LogP contribution in [0.25, 0.3) is 0 Å². The number of hydrogen-bond acceptors (Lipinski definition) is 4. The Morgan fingerprint density at radius 3 is 2.83 bits per heavy atom. The van der Waals surface area contributed by atoms with Crippen LogP contribution in [0.2, 0.25) is 0 Å². The first-order chi connectivity index (χ1) is 11.5. The molecular weight excluding hydrogens is 308 g/mol. The molecule has 4 rings (SSSR count). The van der Waals surface area contributed by atoms with Gasteiger partial charge < -0.3 is 15.2 Å². The summed E-state index contributed by atoms with van der Waals surface area (Å²) in [4.78, 5) is 25.9. The lowest BCUT2D eigenvalue weighted by Gasteiger charge is -2.23. The minimum Gasteiger partial charge on any atom is -0.496 e. The average molecular weight is 330 g/mol. The van der Waals surface area contributed by atoms with E-state index in [1.165, 1.54) is 17.5 Å². The van der Waals surface area contributed by atoms with Gasteiger partial charge >= 0.3 is 5.97 Å². The van der Waals surface area contributed by atoms with Crippen LogP contribution in [0.15, 0.2) is 12.1 Å². The van der Waals surface area contributed by atoms with Crippen LogP contribution in [0.1, 0.15) is 23.1 Å². The van der Waals surface area contributed by atoms with Gasteiger partial charge in [0.2, 0.25) is 5.91 Å². The lowest BCUT2D eigenvalue weighted by atomic mass is 9.81. The van der Waals surface area contributed by atoms with E-state index >= 15 is 0 Å². The fraction of sp³-hybridized carbons (Fsp3) is 0.556. The Morgan fingerprint density at radius 1 is 1.42 bits per heavy atom. The van der Waals surface area contributed by atoms with Crippen LogP contribution < -0.4 is 10.1 Å². The maximum Gasteiger partial charge on any atom is 0.313 e. The number of aliphatic carboxylic acids is 1. The molecule has 24 heavy (non-hydrogen) atoms. The molecule has 3 aliphatic rings. The number of methoxy groups -OCH3 is 1. The summed E-state index contributed by atoms with van der Waals surface area (Å²) >= 11 is 0. The predicted octanol–water partition coefficient (Wildman–Crippen LogP) is 0.816. The second kappa shape index (κ2) is 5.48. The maximum absolute atomic E-state index is 12.0. The number of fused-ring (bicyclic) bond motifs is 2. The van der Waals surface area contributed by atoms with Gasteiger partial charge in [0.15, 0.2) is 0 Å². The average Bonchev–Trinajstić information content (AvgIpc) is 3.22. The Hall–Kier alpha value is -2.08. The molecule has 128 valence electrons. The highest BCUT2D eigenvalue weighted by atomic mass is 16.5. The Morgan fingerprint density at radius 2 is 2.17 bits per heavy atom. The summed E-state index contributed by atoms with van der Waals surface area (Å²) in [6, 6.07) is 4.32. The molecule has 6 nitrogen and oxygen atoms in total. The van der Waals surface area contributed by atoms with Gasteiger partial charge in [0.05, 0.1) is 13.0 Å². The zero-order chi connectivity index (χ0) is 16.9. The zero-order valence-electron chi connectivity index (χ0n) is 13.8. The summed E-state index contributed by atoms with van der Waals surface area (Å²) in [5.74, 6) is -0.618. The molecule has 2 heterocycles. The fourth-order valence-corrected chi connectivity index (χ4v) is 4.51. The number of carboxylic acid groups (broad SMARTS) is 1. The van der Waals surface area contributed by atoms with Crippen molar-refractivity contribution >= 4 is 11.9 Å². The summed E-state index contributed by atoms with van der Waals surface area (Å²) in [5, 5.41) is 12.4. The van der Waals surface area contributed by atoms with Crippen LogP contribution in [0.4, 0.5) is 0 Å². The maximum atomic E-state index is 12.0. The third-order valence-corrected chi connectivity index (χ3v) is 5.82. The number of nitrogens with zero attached hydrogens (tertiary/aromatic N) is 1. The van der Waals surface area contributed by atoms with Crippen molar-refractivity contribution < 1.29 is 19.4 Å². The number of carbonyl (C=O) groups is 2. The summed E-state index contributed by atoms with van der Waals surface area (Å²) in [5.41, 5.74) is 2.83. The highest BCUT2D eigenvalue weighted by Gasteiger charge is 2.59. The van der Waals surface area contributed by atoms with Gasteiger partial charge in [0.1, 0.15) is 11.2 Å². The molecule has 2 fully saturated rings. The molecule has 0 spiro atoms. The molecule has 0 aromatic heterocycles. The van der Waals surface area contributed by atoms with E-state index in [9.17, 15) is 14.7 Å². The summed E-state index contributed by atoms with van der Waals surface area (Å²) in [6.45, 7) is 1.73. The molecule has 0 radical (unpaired) electrons. The SMILES string of the molecule is COc1cc2c(cc1CN1C[C@@H]3C(=O)NC[C@]3(C(=O)O)C1)CCC2. The first-order valence-electron chi connectivity index (χ1n) is 8.45. The molecule has 0 saturated carbocycles. The molecule has 6 heteroatoms. The molecule has 2 atom stereocenters. The van der Waals surface area contributed by atoms with Gasteiger partial charge in [-0.15, -0.1) is 0 Å². The van der Waals surface area contributed by atoms with Crippen LogP contribution in [0, 0.1) is 11.3 Å². The van der Waals surface area contributed by atoms with Crippen molar-refractivity contribution in [1.29, 1.82) is 0 Å². The number of aryl methyl sites for hydroxylation is 2. The van der Waals surface area contributed by atoms with Gasteiger partial charge in [0, 0.05) is 31.7 Å². The number of amides is 1. The van der Waals surface area contributed by atoms with Crippen LogP contribution in [0.5, 0.6) is 5.75 Å². The van der Waals surface area contributed by atoms with Gasteiger partial charge in [0.25, 0.3) is 0 Å². The summed E-state index contributed by atoms with van der Waals surface area (Å²) in [7, 11) is 1.67. The molecule has 2 aliphatic heterocycles. The van der Waals surface area contributed by atoms with E-state index in [4.69, 9.17) is 4.74 Å². The monoisotopic (exact) mass is 330 g/mol. The van der Waals surface area contributed by atoms with E-state index in [1.807, 2.05) is 0 Å². The number of hydrogen-bond donors (Lipinski definition) is 2. The minimum absolute atomic E-state index is 0.138. The first-order valence-corrected chi connectivity index (χ1v) is 8.45. The van der Waals surface area contributed by atoms with Gasteiger partial charge in [-0.1, -0.05) is 6.07 Å². The molecule has 2 saturated heterocycles. The van der Waals surface area contributed by atoms with Crippen LogP contribution in [-0.4, -0.2) is 48.6 Å². The van der Waals surface area contributed by atoms with E-state index in [0.29, 0.717) is 19.6 Å². The quantitative estimate of drug-likeness (QED) is 0.854. The normalized spacial score (nSPS) is 28.5. The third kappa shape index (κ3) is 2.20. The molecule has 2 N–H and O–H groups in total. The van der Waals surface area contributed by atoms with Gasteiger partial charge in [-0.3, -0.25) is 14.5 Å². The Balaban J connectivity index is 1.59. The summed E-state index contributed by atoms with van der Waals surface area (Å²) < 4.78 is 5.55. The highest BCUT2D eigenvalue weighted by molar-refractivity contribution is 5.92. The lowest BCUT2D eigenvalue weighted by molar-refractivity contribution is -0.149. The number of carbonyl (C=O) groups excluding carboxylic acids is 1. The molecule has 1 aliphatic carbocycles. The zero-order valence-corrected chi connectivity index (χ0v) is 13.8. The first kappa shape index (κ1) is 15.4. The number of ether oxygens (including phenoxy) is 1. The predicted molar refractivity (Wildman–Crippen MR) is 86.9 cm³/mol. The van der Waals surface area contributed by atoms with Crippen molar-refractivity contribution in [3.05, 3.63) is 28.8 Å². The number of nitrogens with one attached hydrogen (secondary N) is 1.